The van der Waals surface area contributed by atoms with Crippen molar-refractivity contribution >= 4 is 23.0 Å². The van der Waals surface area contributed by atoms with Crippen molar-refractivity contribution in [3.63, 3.8) is 0 Å². The number of rotatable bonds is 4. The van der Waals surface area contributed by atoms with Crippen LogP contribution in [0.25, 0.3) is 0 Å². The third-order valence-electron chi connectivity index (χ3n) is 2.40. The normalized spacial score (nSPS) is 10.2. The summed E-state index contributed by atoms with van der Waals surface area (Å²) in [7, 11) is 0. The molecule has 0 bridgehead atoms. The molecule has 1 heterocycles. The second-order valence-corrected chi connectivity index (χ2v) is 3.71. The smallest absolute Gasteiger partial charge is 0.311 e. The number of hydrogen-bond donors (Lipinski definition) is 3. The first-order valence-electron chi connectivity index (χ1n) is 5.35. The maximum Gasteiger partial charge on any atom is 0.311 e. The fourth-order valence-electron chi connectivity index (χ4n) is 1.49. The monoisotopic (exact) mass is 281 g/mol. The molecule has 0 aliphatic heterocycles. The number of hydrogen-bond acceptors (Lipinski definition) is 6. The molecule has 0 fully saturated rings. The zero-order chi connectivity index (χ0) is 14.7. The van der Waals surface area contributed by atoms with Crippen LogP contribution in [0.4, 0.5) is 31.8 Å². The van der Waals surface area contributed by atoms with Crippen LogP contribution >= 0.6 is 0 Å². The third-order valence-corrected chi connectivity index (χ3v) is 2.40. The Kier molecular flexibility index (Phi) is 3.71. The number of anilines is 3. The van der Waals surface area contributed by atoms with Gasteiger partial charge in [0, 0.05) is 12.1 Å². The van der Waals surface area contributed by atoms with E-state index in [2.05, 4.69) is 15.7 Å². The number of benzene rings is 1. The summed E-state index contributed by atoms with van der Waals surface area (Å²) >= 11 is 0. The molecule has 20 heavy (non-hydrogen) atoms. The number of nitrogens with zero attached hydrogens (tertiary/aromatic N) is 2. The lowest BCUT2D eigenvalue weighted by Crippen LogP contribution is -2.10. The lowest BCUT2D eigenvalue weighted by atomic mass is 10.3. The number of nitrogen functional groups attached to an aromatic ring is 1. The molecule has 0 unspecified atom stereocenters. The highest BCUT2D eigenvalue weighted by molar-refractivity contribution is 5.67. The summed E-state index contributed by atoms with van der Waals surface area (Å²) in [5.41, 5.74) is 1.71. The fourth-order valence-corrected chi connectivity index (χ4v) is 1.49. The van der Waals surface area contributed by atoms with Gasteiger partial charge in [-0.2, -0.15) is 0 Å². The molecular weight excluding hydrogens is 272 g/mol. The SMILES string of the molecule is NNc1ccc([N+](=O)[O-])c(Nc2ccc(F)cc2F)n1. The van der Waals surface area contributed by atoms with Crippen LogP contribution in [0, 0.1) is 21.7 Å². The number of aromatic nitrogens is 1. The number of nitro groups is 1. The zero-order valence-electron chi connectivity index (χ0n) is 9.93. The van der Waals surface area contributed by atoms with Crippen LogP contribution in [0.15, 0.2) is 30.3 Å². The lowest BCUT2D eigenvalue weighted by molar-refractivity contribution is -0.384. The second kappa shape index (κ2) is 5.45. The van der Waals surface area contributed by atoms with E-state index in [0.717, 1.165) is 18.2 Å². The van der Waals surface area contributed by atoms with Crippen molar-refractivity contribution in [2.75, 3.05) is 10.7 Å². The molecule has 0 saturated heterocycles. The molecule has 0 spiro atoms. The predicted molar refractivity (Wildman–Crippen MR) is 68.3 cm³/mol. The first-order valence-corrected chi connectivity index (χ1v) is 5.35. The number of halogens is 2. The molecule has 0 saturated carbocycles. The molecular formula is C11H9F2N5O2. The van der Waals surface area contributed by atoms with Gasteiger partial charge in [-0.05, 0) is 18.2 Å². The van der Waals surface area contributed by atoms with E-state index < -0.39 is 16.6 Å². The summed E-state index contributed by atoms with van der Waals surface area (Å²) in [5, 5.41) is 13.3. The van der Waals surface area contributed by atoms with E-state index in [-0.39, 0.29) is 23.0 Å². The summed E-state index contributed by atoms with van der Waals surface area (Å²) in [4.78, 5) is 14.0. The van der Waals surface area contributed by atoms with E-state index in [1.165, 1.54) is 6.07 Å². The molecule has 0 atom stereocenters. The zero-order valence-corrected chi connectivity index (χ0v) is 9.93. The molecule has 4 N–H and O–H groups in total. The highest BCUT2D eigenvalue weighted by atomic mass is 19.1. The summed E-state index contributed by atoms with van der Waals surface area (Å²) in [6, 6.07) is 5.23. The van der Waals surface area contributed by atoms with Crippen LogP contribution < -0.4 is 16.6 Å². The molecule has 0 aliphatic rings. The van der Waals surface area contributed by atoms with E-state index in [0.29, 0.717) is 6.07 Å². The molecule has 2 aromatic rings. The van der Waals surface area contributed by atoms with Crippen LogP contribution in [0.1, 0.15) is 0 Å². The van der Waals surface area contributed by atoms with Crippen molar-refractivity contribution in [2.24, 2.45) is 5.84 Å². The minimum atomic E-state index is -0.896. The number of hydrazine groups is 1. The van der Waals surface area contributed by atoms with Gasteiger partial charge >= 0.3 is 5.69 Å². The van der Waals surface area contributed by atoms with E-state index in [9.17, 15) is 18.9 Å². The molecule has 104 valence electrons. The largest absolute Gasteiger partial charge is 0.332 e. The fraction of sp³-hybridized carbons (Fsp3) is 0. The molecule has 1 aromatic heterocycles. The number of nitrogens with one attached hydrogen (secondary N) is 2. The molecule has 0 aliphatic carbocycles. The first kappa shape index (κ1) is 13.6. The van der Waals surface area contributed by atoms with Crippen LogP contribution in [-0.4, -0.2) is 9.91 Å². The van der Waals surface area contributed by atoms with Gasteiger partial charge in [0.05, 0.1) is 10.6 Å². The van der Waals surface area contributed by atoms with Crippen LogP contribution in [0.2, 0.25) is 0 Å². The third kappa shape index (κ3) is 2.78. The standard InChI is InChI=1S/C11H9F2N5O2/c12-6-1-2-8(7(13)5-6)15-11-9(18(19)20)3-4-10(16-11)17-14/h1-5H,14H2,(H2,15,16,17). The van der Waals surface area contributed by atoms with E-state index >= 15 is 0 Å². The summed E-state index contributed by atoms with van der Waals surface area (Å²) in [6.07, 6.45) is 0. The van der Waals surface area contributed by atoms with Crippen molar-refractivity contribution in [1.29, 1.82) is 0 Å². The molecule has 0 radical (unpaired) electrons. The minimum absolute atomic E-state index is 0.142. The molecule has 0 amide bonds. The van der Waals surface area contributed by atoms with Crippen LogP contribution in [0.5, 0.6) is 0 Å². The summed E-state index contributed by atoms with van der Waals surface area (Å²) in [5.74, 6) is 3.44. The molecule has 1 aromatic carbocycles. The maximum atomic E-state index is 13.5. The first-order chi connectivity index (χ1) is 9.51. The van der Waals surface area contributed by atoms with Crippen molar-refractivity contribution in [3.8, 4) is 0 Å². The second-order valence-electron chi connectivity index (χ2n) is 3.71. The Bertz CT molecular complexity index is 665. The molecule has 9 heteroatoms. The molecule has 7 nitrogen and oxygen atoms in total. The van der Waals surface area contributed by atoms with E-state index in [4.69, 9.17) is 5.84 Å². The van der Waals surface area contributed by atoms with Gasteiger partial charge in [0.1, 0.15) is 17.5 Å². The quantitative estimate of drug-likeness (QED) is 0.451. The predicted octanol–water partition coefficient (Wildman–Crippen LogP) is 2.30. The Hall–Kier alpha value is -2.81. The highest BCUT2D eigenvalue weighted by Gasteiger charge is 2.17. The average molecular weight is 281 g/mol. The van der Waals surface area contributed by atoms with Crippen molar-refractivity contribution in [3.05, 3.63) is 52.1 Å². The minimum Gasteiger partial charge on any atom is -0.332 e. The van der Waals surface area contributed by atoms with Gasteiger partial charge in [-0.15, -0.1) is 0 Å². The lowest BCUT2D eigenvalue weighted by Gasteiger charge is -2.08. The van der Waals surface area contributed by atoms with Crippen LogP contribution in [0.3, 0.4) is 0 Å². The van der Waals surface area contributed by atoms with Crippen molar-refractivity contribution in [2.45, 2.75) is 0 Å². The Morgan fingerprint density at radius 3 is 2.60 bits per heavy atom. The van der Waals surface area contributed by atoms with Crippen LogP contribution in [-0.2, 0) is 0 Å². The van der Waals surface area contributed by atoms with E-state index in [1.807, 2.05) is 0 Å². The van der Waals surface area contributed by atoms with Gasteiger partial charge in [0.2, 0.25) is 5.82 Å². The van der Waals surface area contributed by atoms with Gasteiger partial charge in [-0.1, -0.05) is 0 Å². The average Bonchev–Trinajstić information content (AvgIpc) is 2.41. The van der Waals surface area contributed by atoms with Gasteiger partial charge in [-0.25, -0.2) is 19.6 Å². The van der Waals surface area contributed by atoms with Crippen molar-refractivity contribution < 1.29 is 13.7 Å². The number of nitrogens with two attached hydrogens (primary N) is 1. The maximum absolute atomic E-state index is 13.5. The van der Waals surface area contributed by atoms with Gasteiger partial charge in [0.15, 0.2) is 0 Å². The van der Waals surface area contributed by atoms with Gasteiger partial charge in [-0.3, -0.25) is 10.1 Å². The number of pyridine rings is 1. The van der Waals surface area contributed by atoms with Gasteiger partial charge in [0.25, 0.3) is 0 Å². The topological polar surface area (TPSA) is 106 Å². The van der Waals surface area contributed by atoms with Gasteiger partial charge < -0.3 is 10.7 Å². The van der Waals surface area contributed by atoms with Crippen molar-refractivity contribution in [1.82, 2.24) is 4.98 Å². The molecule has 2 rings (SSSR count). The highest BCUT2D eigenvalue weighted by Crippen LogP contribution is 2.28. The Balaban J connectivity index is 2.43. The summed E-state index contributed by atoms with van der Waals surface area (Å²) < 4.78 is 26.3. The summed E-state index contributed by atoms with van der Waals surface area (Å²) in [6.45, 7) is 0. The Morgan fingerprint density at radius 1 is 1.25 bits per heavy atom. The Labute approximate surface area is 111 Å². The Morgan fingerprint density at radius 2 is 2.00 bits per heavy atom. The van der Waals surface area contributed by atoms with E-state index in [1.54, 1.807) is 0 Å².